The lowest BCUT2D eigenvalue weighted by Crippen LogP contribution is -2.26. The molecule has 4 nitrogen and oxygen atoms in total. The number of para-hydroxylation sites is 1. The van der Waals surface area contributed by atoms with Crippen LogP contribution in [0.15, 0.2) is 18.2 Å². The number of benzene rings is 1. The van der Waals surface area contributed by atoms with Gasteiger partial charge >= 0.3 is 0 Å². The topological polar surface area (TPSA) is 78.3 Å². The Morgan fingerprint density at radius 3 is 2.67 bits per heavy atom. The molecule has 0 radical (unpaired) electrons. The Hall–Kier alpha value is -1.62. The molecule has 1 amide bonds. The number of rotatable bonds is 6. The molecule has 0 aromatic heterocycles. The van der Waals surface area contributed by atoms with E-state index in [4.69, 9.17) is 16.2 Å². The highest BCUT2D eigenvalue weighted by molar-refractivity contribution is 5.76. The number of hydrogen-bond donors (Lipinski definition) is 2. The zero-order valence-electron chi connectivity index (χ0n) is 10.7. The van der Waals surface area contributed by atoms with E-state index >= 15 is 0 Å². The molecule has 1 aromatic rings. The van der Waals surface area contributed by atoms with Gasteiger partial charge in [0.05, 0.1) is 12.5 Å². The third kappa shape index (κ3) is 4.00. The highest BCUT2D eigenvalue weighted by Gasteiger charge is 2.15. The molecule has 5 heteroatoms. The van der Waals surface area contributed by atoms with Crippen LogP contribution in [0.4, 0.5) is 4.39 Å². The minimum Gasteiger partial charge on any atom is -0.489 e. The first kappa shape index (κ1) is 14.4. The van der Waals surface area contributed by atoms with E-state index in [0.29, 0.717) is 12.0 Å². The molecular weight excluding hydrogens is 235 g/mol. The van der Waals surface area contributed by atoms with Gasteiger partial charge in [0.1, 0.15) is 0 Å². The van der Waals surface area contributed by atoms with Crippen molar-refractivity contribution in [1.29, 1.82) is 0 Å². The maximum atomic E-state index is 13.7. The standard InChI is InChI=1S/C13H19FN2O2/c1-8(13(16)17)7-18-12-10(6-9(2)15)4-3-5-11(12)14/h3-5,8-9H,6-7,15H2,1-2H3,(H2,16,17). The number of ether oxygens (including phenoxy) is 1. The van der Waals surface area contributed by atoms with Gasteiger partial charge in [-0.25, -0.2) is 4.39 Å². The summed E-state index contributed by atoms with van der Waals surface area (Å²) in [5.41, 5.74) is 11.5. The van der Waals surface area contributed by atoms with Gasteiger partial charge in [-0.15, -0.1) is 0 Å². The molecule has 0 bridgehead atoms. The van der Waals surface area contributed by atoms with E-state index in [1.54, 1.807) is 19.1 Å². The van der Waals surface area contributed by atoms with Gasteiger partial charge in [0.25, 0.3) is 0 Å². The number of halogens is 1. The quantitative estimate of drug-likeness (QED) is 0.801. The van der Waals surface area contributed by atoms with Gasteiger partial charge < -0.3 is 16.2 Å². The summed E-state index contributed by atoms with van der Waals surface area (Å²) in [6.07, 6.45) is 0.512. The molecule has 1 aromatic carbocycles. The molecule has 4 N–H and O–H groups in total. The molecule has 0 aliphatic rings. The fourth-order valence-corrected chi connectivity index (χ4v) is 1.51. The van der Waals surface area contributed by atoms with Crippen LogP contribution < -0.4 is 16.2 Å². The van der Waals surface area contributed by atoms with Gasteiger partial charge in [0.15, 0.2) is 11.6 Å². The van der Waals surface area contributed by atoms with Crippen LogP contribution in [-0.4, -0.2) is 18.6 Å². The van der Waals surface area contributed by atoms with E-state index in [9.17, 15) is 9.18 Å². The number of primary amides is 1. The van der Waals surface area contributed by atoms with Crippen LogP contribution in [0.25, 0.3) is 0 Å². The van der Waals surface area contributed by atoms with Crippen LogP contribution >= 0.6 is 0 Å². The maximum Gasteiger partial charge on any atom is 0.223 e. The van der Waals surface area contributed by atoms with E-state index in [1.165, 1.54) is 6.07 Å². The first-order chi connectivity index (χ1) is 8.41. The van der Waals surface area contributed by atoms with Crippen LogP contribution in [-0.2, 0) is 11.2 Å². The van der Waals surface area contributed by atoms with Crippen molar-refractivity contribution in [2.45, 2.75) is 26.3 Å². The molecule has 0 aliphatic heterocycles. The predicted octanol–water partition coefficient (Wildman–Crippen LogP) is 1.22. The summed E-state index contributed by atoms with van der Waals surface area (Å²) in [5, 5.41) is 0. The molecule has 0 spiro atoms. The zero-order valence-corrected chi connectivity index (χ0v) is 10.7. The molecule has 100 valence electrons. The predicted molar refractivity (Wildman–Crippen MR) is 67.6 cm³/mol. The van der Waals surface area contributed by atoms with Gasteiger partial charge in [-0.05, 0) is 25.0 Å². The Bertz CT molecular complexity index is 421. The smallest absolute Gasteiger partial charge is 0.223 e. The Morgan fingerprint density at radius 2 is 2.11 bits per heavy atom. The summed E-state index contributed by atoms with van der Waals surface area (Å²) in [7, 11) is 0. The summed E-state index contributed by atoms with van der Waals surface area (Å²) < 4.78 is 19.0. The van der Waals surface area contributed by atoms with Gasteiger partial charge in [-0.3, -0.25) is 4.79 Å². The van der Waals surface area contributed by atoms with Crippen molar-refractivity contribution >= 4 is 5.91 Å². The SMILES string of the molecule is CC(N)Cc1cccc(F)c1OCC(C)C(N)=O. The highest BCUT2D eigenvalue weighted by Crippen LogP contribution is 2.24. The van der Waals surface area contributed by atoms with Gasteiger partial charge in [0, 0.05) is 6.04 Å². The summed E-state index contributed by atoms with van der Waals surface area (Å²) in [6.45, 7) is 3.53. The molecular formula is C13H19FN2O2. The van der Waals surface area contributed by atoms with Crippen molar-refractivity contribution in [2.24, 2.45) is 17.4 Å². The fraction of sp³-hybridized carbons (Fsp3) is 0.462. The van der Waals surface area contributed by atoms with Gasteiger partial charge in [0.2, 0.25) is 5.91 Å². The molecule has 0 fully saturated rings. The summed E-state index contributed by atoms with van der Waals surface area (Å²) >= 11 is 0. The summed E-state index contributed by atoms with van der Waals surface area (Å²) in [4.78, 5) is 10.9. The van der Waals surface area contributed by atoms with E-state index in [-0.39, 0.29) is 18.4 Å². The molecule has 0 saturated heterocycles. The second-order valence-electron chi connectivity index (χ2n) is 4.52. The van der Waals surface area contributed by atoms with Crippen molar-refractivity contribution in [3.05, 3.63) is 29.6 Å². The zero-order chi connectivity index (χ0) is 13.7. The van der Waals surface area contributed by atoms with Crippen molar-refractivity contribution in [3.63, 3.8) is 0 Å². The highest BCUT2D eigenvalue weighted by atomic mass is 19.1. The number of amides is 1. The van der Waals surface area contributed by atoms with Crippen LogP contribution in [0, 0.1) is 11.7 Å². The van der Waals surface area contributed by atoms with Crippen LogP contribution in [0.3, 0.4) is 0 Å². The number of hydrogen-bond acceptors (Lipinski definition) is 3. The monoisotopic (exact) mass is 254 g/mol. The molecule has 2 atom stereocenters. The Kier molecular flexibility index (Phi) is 5.09. The lowest BCUT2D eigenvalue weighted by molar-refractivity contribution is -0.122. The van der Waals surface area contributed by atoms with E-state index in [1.807, 2.05) is 6.92 Å². The van der Waals surface area contributed by atoms with Gasteiger partial charge in [-0.1, -0.05) is 19.1 Å². The third-order valence-corrected chi connectivity index (χ3v) is 2.55. The molecule has 1 rings (SSSR count). The fourth-order valence-electron chi connectivity index (χ4n) is 1.51. The first-order valence-corrected chi connectivity index (χ1v) is 5.87. The van der Waals surface area contributed by atoms with Crippen LogP contribution in [0.5, 0.6) is 5.75 Å². The second kappa shape index (κ2) is 6.35. The van der Waals surface area contributed by atoms with Crippen molar-refractivity contribution < 1.29 is 13.9 Å². The Labute approximate surface area is 106 Å². The molecule has 18 heavy (non-hydrogen) atoms. The number of carbonyl (C=O) groups is 1. The lowest BCUT2D eigenvalue weighted by atomic mass is 10.1. The number of carbonyl (C=O) groups excluding carboxylic acids is 1. The van der Waals surface area contributed by atoms with Crippen LogP contribution in [0.2, 0.25) is 0 Å². The van der Waals surface area contributed by atoms with Crippen molar-refractivity contribution in [3.8, 4) is 5.75 Å². The van der Waals surface area contributed by atoms with Crippen molar-refractivity contribution in [2.75, 3.05) is 6.61 Å². The second-order valence-corrected chi connectivity index (χ2v) is 4.52. The van der Waals surface area contributed by atoms with E-state index < -0.39 is 17.6 Å². The van der Waals surface area contributed by atoms with Crippen molar-refractivity contribution in [1.82, 2.24) is 0 Å². The average molecular weight is 254 g/mol. The summed E-state index contributed by atoms with van der Waals surface area (Å²) in [6, 6.07) is 4.59. The lowest BCUT2D eigenvalue weighted by Gasteiger charge is -2.15. The molecule has 0 aliphatic carbocycles. The summed E-state index contributed by atoms with van der Waals surface area (Å²) in [5.74, 6) is -1.24. The van der Waals surface area contributed by atoms with E-state index in [2.05, 4.69) is 0 Å². The maximum absolute atomic E-state index is 13.7. The first-order valence-electron chi connectivity index (χ1n) is 5.87. The molecule has 2 unspecified atom stereocenters. The third-order valence-electron chi connectivity index (χ3n) is 2.55. The minimum atomic E-state index is -0.472. The van der Waals surface area contributed by atoms with Gasteiger partial charge in [-0.2, -0.15) is 0 Å². The Morgan fingerprint density at radius 1 is 1.44 bits per heavy atom. The van der Waals surface area contributed by atoms with E-state index in [0.717, 1.165) is 0 Å². The average Bonchev–Trinajstić information content (AvgIpc) is 2.27. The molecule has 0 heterocycles. The Balaban J connectivity index is 2.82. The molecule has 0 saturated carbocycles. The normalized spacial score (nSPS) is 14.0. The largest absolute Gasteiger partial charge is 0.489 e. The number of nitrogens with two attached hydrogens (primary N) is 2. The minimum absolute atomic E-state index is 0.0578. The van der Waals surface area contributed by atoms with Crippen LogP contribution in [0.1, 0.15) is 19.4 Å².